The van der Waals surface area contributed by atoms with E-state index in [0.29, 0.717) is 10.6 Å². The number of likely N-dealkylation sites (N-methyl/N-ethyl adjacent to an activating group) is 1. The molecule has 0 aliphatic carbocycles. The van der Waals surface area contributed by atoms with E-state index in [-0.39, 0.29) is 6.10 Å². The van der Waals surface area contributed by atoms with Gasteiger partial charge in [-0.3, -0.25) is 0 Å². The highest BCUT2D eigenvalue weighted by Crippen LogP contribution is 2.18. The van der Waals surface area contributed by atoms with Crippen LogP contribution in [0.2, 0.25) is 0 Å². The summed E-state index contributed by atoms with van der Waals surface area (Å²) in [6.45, 7) is 5.90. The Hall–Kier alpha value is -1.07. The van der Waals surface area contributed by atoms with Crippen LogP contribution >= 0.6 is 0 Å². The van der Waals surface area contributed by atoms with Gasteiger partial charge in [0.25, 0.3) is 0 Å². The predicted octanol–water partition coefficient (Wildman–Crippen LogP) is 2.25. The molecule has 5 heteroatoms. The van der Waals surface area contributed by atoms with Gasteiger partial charge in [-0.25, -0.2) is 8.42 Å². The van der Waals surface area contributed by atoms with Crippen LogP contribution in [0.25, 0.3) is 0 Å². The van der Waals surface area contributed by atoms with Gasteiger partial charge in [-0.2, -0.15) is 0 Å². The van der Waals surface area contributed by atoms with Crippen LogP contribution in [-0.4, -0.2) is 33.9 Å². The molecule has 108 valence electrons. The highest BCUT2D eigenvalue weighted by atomic mass is 32.2. The fraction of sp³-hybridized carbons (Fsp3) is 0.571. The van der Waals surface area contributed by atoms with Crippen LogP contribution in [0.3, 0.4) is 0 Å². The molecule has 19 heavy (non-hydrogen) atoms. The van der Waals surface area contributed by atoms with Crippen molar-refractivity contribution in [3.63, 3.8) is 0 Å². The van der Waals surface area contributed by atoms with E-state index < -0.39 is 9.84 Å². The van der Waals surface area contributed by atoms with Crippen LogP contribution in [0.5, 0.6) is 5.75 Å². The number of hydrogen-bond acceptors (Lipinski definition) is 4. The van der Waals surface area contributed by atoms with Crippen molar-refractivity contribution in [2.24, 2.45) is 0 Å². The Bertz CT molecular complexity index is 468. The monoisotopic (exact) mass is 285 g/mol. The highest BCUT2D eigenvalue weighted by Gasteiger charge is 2.10. The van der Waals surface area contributed by atoms with Crippen molar-refractivity contribution in [2.45, 2.75) is 37.7 Å². The van der Waals surface area contributed by atoms with E-state index in [1.54, 1.807) is 24.3 Å². The van der Waals surface area contributed by atoms with Crippen LogP contribution in [0.4, 0.5) is 0 Å². The maximum absolute atomic E-state index is 11.4. The summed E-state index contributed by atoms with van der Waals surface area (Å²) in [4.78, 5) is 0.318. The lowest BCUT2D eigenvalue weighted by Gasteiger charge is -2.19. The highest BCUT2D eigenvalue weighted by molar-refractivity contribution is 7.90. The zero-order chi connectivity index (χ0) is 14.3. The fourth-order valence-corrected chi connectivity index (χ4v) is 2.42. The molecule has 4 nitrogen and oxygen atoms in total. The second kappa shape index (κ2) is 7.50. The molecule has 0 saturated heterocycles. The van der Waals surface area contributed by atoms with Gasteiger partial charge in [-0.1, -0.05) is 20.3 Å². The van der Waals surface area contributed by atoms with Crippen molar-refractivity contribution in [1.29, 1.82) is 0 Å². The maximum Gasteiger partial charge on any atom is 0.175 e. The molecule has 0 spiro atoms. The van der Waals surface area contributed by atoms with Gasteiger partial charge in [0.15, 0.2) is 9.84 Å². The van der Waals surface area contributed by atoms with E-state index in [0.717, 1.165) is 25.9 Å². The van der Waals surface area contributed by atoms with Crippen LogP contribution in [0.15, 0.2) is 29.2 Å². The zero-order valence-corrected chi connectivity index (χ0v) is 12.7. The van der Waals surface area contributed by atoms with Crippen LogP contribution < -0.4 is 10.1 Å². The molecule has 1 aromatic carbocycles. The summed E-state index contributed by atoms with van der Waals surface area (Å²) in [6, 6.07) is 6.60. The standard InChI is InChI=1S/C14H23NO3S/c1-4-6-13(11-15-5-2)18-12-7-9-14(10-8-12)19(3,16)17/h7-10,13,15H,4-6,11H2,1-3H3. The van der Waals surface area contributed by atoms with Crippen LogP contribution in [-0.2, 0) is 9.84 Å². The molecule has 0 aliphatic heterocycles. The van der Waals surface area contributed by atoms with Gasteiger partial charge in [-0.05, 0) is 37.2 Å². The number of ether oxygens (including phenoxy) is 1. The van der Waals surface area contributed by atoms with Crippen molar-refractivity contribution in [3.8, 4) is 5.75 Å². The quantitative estimate of drug-likeness (QED) is 0.796. The second-order valence-corrected chi connectivity index (χ2v) is 6.60. The minimum absolute atomic E-state index is 0.119. The van der Waals surface area contributed by atoms with Gasteiger partial charge in [-0.15, -0.1) is 0 Å². The van der Waals surface area contributed by atoms with Gasteiger partial charge in [0.2, 0.25) is 0 Å². The lowest BCUT2D eigenvalue weighted by atomic mass is 10.2. The van der Waals surface area contributed by atoms with Crippen LogP contribution in [0.1, 0.15) is 26.7 Å². The molecule has 0 radical (unpaired) electrons. The molecule has 1 N–H and O–H groups in total. The lowest BCUT2D eigenvalue weighted by Crippen LogP contribution is -2.31. The molecule has 1 aromatic rings. The van der Waals surface area contributed by atoms with Crippen molar-refractivity contribution in [3.05, 3.63) is 24.3 Å². The van der Waals surface area contributed by atoms with Crippen molar-refractivity contribution >= 4 is 9.84 Å². The molecule has 1 rings (SSSR count). The summed E-state index contributed by atoms with van der Waals surface area (Å²) >= 11 is 0. The first-order valence-electron chi connectivity index (χ1n) is 6.64. The third-order valence-electron chi connectivity index (χ3n) is 2.79. The number of hydrogen-bond donors (Lipinski definition) is 1. The van der Waals surface area contributed by atoms with Gasteiger partial charge >= 0.3 is 0 Å². The third kappa shape index (κ3) is 5.61. The second-order valence-electron chi connectivity index (χ2n) is 4.58. The molecule has 1 atom stereocenters. The largest absolute Gasteiger partial charge is 0.489 e. The SMILES string of the molecule is CCCC(CNCC)Oc1ccc(S(C)(=O)=O)cc1. The Morgan fingerprint density at radius 3 is 2.32 bits per heavy atom. The van der Waals surface area contributed by atoms with E-state index in [1.165, 1.54) is 6.26 Å². The fourth-order valence-electron chi connectivity index (χ4n) is 1.79. The molecule has 0 saturated carbocycles. The minimum atomic E-state index is -3.14. The lowest BCUT2D eigenvalue weighted by molar-refractivity contribution is 0.187. The third-order valence-corrected chi connectivity index (χ3v) is 3.92. The summed E-state index contributed by atoms with van der Waals surface area (Å²) < 4.78 is 28.6. The maximum atomic E-state index is 11.4. The van der Waals surface area contributed by atoms with Gasteiger partial charge in [0.1, 0.15) is 11.9 Å². The number of rotatable bonds is 8. The van der Waals surface area contributed by atoms with Crippen molar-refractivity contribution in [1.82, 2.24) is 5.32 Å². The summed E-state index contributed by atoms with van der Waals surface area (Å²) in [6.07, 6.45) is 3.35. The van der Waals surface area contributed by atoms with Gasteiger partial charge < -0.3 is 10.1 Å². The van der Waals surface area contributed by atoms with E-state index in [2.05, 4.69) is 19.2 Å². The number of benzene rings is 1. The number of nitrogens with one attached hydrogen (secondary N) is 1. The average molecular weight is 285 g/mol. The molecule has 0 heterocycles. The first-order chi connectivity index (χ1) is 8.97. The molecule has 1 unspecified atom stereocenters. The summed E-state index contributed by atoms with van der Waals surface area (Å²) in [7, 11) is -3.14. The summed E-state index contributed by atoms with van der Waals surface area (Å²) in [5.41, 5.74) is 0. The Morgan fingerprint density at radius 2 is 1.84 bits per heavy atom. The normalized spacial score (nSPS) is 13.2. The number of sulfone groups is 1. The summed E-state index contributed by atoms with van der Waals surface area (Å²) in [5.74, 6) is 0.712. The molecule has 0 fully saturated rings. The Labute approximate surface area is 116 Å². The Morgan fingerprint density at radius 1 is 1.21 bits per heavy atom. The predicted molar refractivity (Wildman–Crippen MR) is 77.4 cm³/mol. The minimum Gasteiger partial charge on any atom is -0.489 e. The zero-order valence-electron chi connectivity index (χ0n) is 11.8. The van der Waals surface area contributed by atoms with E-state index in [1.807, 2.05) is 0 Å². The molecule has 0 amide bonds. The summed E-state index contributed by atoms with van der Waals surface area (Å²) in [5, 5.41) is 3.27. The Kier molecular flexibility index (Phi) is 6.31. The molecular formula is C14H23NO3S. The molecule has 0 bridgehead atoms. The van der Waals surface area contributed by atoms with E-state index in [4.69, 9.17) is 4.74 Å². The molecule has 0 aliphatic rings. The van der Waals surface area contributed by atoms with E-state index in [9.17, 15) is 8.42 Å². The van der Waals surface area contributed by atoms with E-state index >= 15 is 0 Å². The first-order valence-corrected chi connectivity index (χ1v) is 8.54. The Balaban J connectivity index is 2.69. The van der Waals surface area contributed by atoms with Gasteiger partial charge in [0, 0.05) is 12.8 Å². The van der Waals surface area contributed by atoms with Crippen molar-refractivity contribution in [2.75, 3.05) is 19.3 Å². The average Bonchev–Trinajstić information content (AvgIpc) is 2.36. The topological polar surface area (TPSA) is 55.4 Å². The first kappa shape index (κ1) is 16.0. The molecule has 0 aromatic heterocycles. The van der Waals surface area contributed by atoms with Crippen molar-refractivity contribution < 1.29 is 13.2 Å². The van der Waals surface area contributed by atoms with Crippen LogP contribution in [0, 0.1) is 0 Å². The smallest absolute Gasteiger partial charge is 0.175 e. The molecular weight excluding hydrogens is 262 g/mol. The van der Waals surface area contributed by atoms with Gasteiger partial charge in [0.05, 0.1) is 4.90 Å².